The van der Waals surface area contributed by atoms with E-state index in [-0.39, 0.29) is 11.5 Å². The maximum atomic E-state index is 11.4. The number of hydrogen-bond acceptors (Lipinski definition) is 7. The molecule has 10 heteroatoms. The van der Waals surface area contributed by atoms with Gasteiger partial charge in [-0.15, -0.1) is 0 Å². The van der Waals surface area contributed by atoms with E-state index in [1.807, 2.05) is 18.5 Å². The quantitative estimate of drug-likeness (QED) is 0.545. The molecule has 0 bridgehead atoms. The highest BCUT2D eigenvalue weighted by Gasteiger charge is 2.61. The lowest BCUT2D eigenvalue weighted by molar-refractivity contribution is 0.132. The summed E-state index contributed by atoms with van der Waals surface area (Å²) in [5.74, 6) is 2.90. The maximum absolute atomic E-state index is 11.4. The molecule has 3 fully saturated rings. The molecule has 0 aromatic carbocycles. The third-order valence-electron chi connectivity index (χ3n) is 8.54. The van der Waals surface area contributed by atoms with E-state index in [9.17, 15) is 9.90 Å². The topological polar surface area (TPSA) is 123 Å². The van der Waals surface area contributed by atoms with Crippen molar-refractivity contribution in [2.45, 2.75) is 44.6 Å². The van der Waals surface area contributed by atoms with Crippen LogP contribution in [0, 0.1) is 17.3 Å². The summed E-state index contributed by atoms with van der Waals surface area (Å²) < 4.78 is 0. The summed E-state index contributed by atoms with van der Waals surface area (Å²) in [5.41, 5.74) is 3.74. The van der Waals surface area contributed by atoms with Crippen LogP contribution in [0.25, 0.3) is 11.2 Å². The minimum absolute atomic E-state index is 0.0941. The van der Waals surface area contributed by atoms with E-state index in [2.05, 4.69) is 36.4 Å². The minimum Gasteiger partial charge on any atom is -0.465 e. The Kier molecular flexibility index (Phi) is 4.28. The lowest BCUT2D eigenvalue weighted by Crippen LogP contribution is -2.52. The van der Waals surface area contributed by atoms with Crippen LogP contribution in [0.4, 0.5) is 22.1 Å². The first-order chi connectivity index (χ1) is 16.6. The highest BCUT2D eigenvalue weighted by Crippen LogP contribution is 2.63. The van der Waals surface area contributed by atoms with E-state index in [0.29, 0.717) is 17.5 Å². The standard InChI is InChI=1S/C24H28N8O2/c33-23(34)28-20-15-11-14(15)12-24(20)5-9-31(10-6-24)18-13-26-19-21(27-18)29-30-22(19)32-8-2-3-16-17(32)4-1-7-25-16/h1,4,7,13-15,20,28H,2-3,5-6,8-12H2,(H,33,34)(H,27,29,30)/t14-,15-,20+/m0/s1. The summed E-state index contributed by atoms with van der Waals surface area (Å²) in [4.78, 5) is 30.0. The molecule has 2 aliphatic carbocycles. The first kappa shape index (κ1) is 20.0. The molecule has 2 aliphatic heterocycles. The number of carboxylic acid groups (broad SMARTS) is 1. The van der Waals surface area contributed by atoms with E-state index in [1.165, 1.54) is 6.42 Å². The molecule has 7 rings (SSSR count). The van der Waals surface area contributed by atoms with Gasteiger partial charge in [0.15, 0.2) is 17.0 Å². The fourth-order valence-corrected chi connectivity index (χ4v) is 6.84. The smallest absolute Gasteiger partial charge is 0.404 e. The van der Waals surface area contributed by atoms with Crippen LogP contribution in [0.5, 0.6) is 0 Å². The SMILES string of the molecule is O=C(O)N[C@@H]1[C@H]2C[C@H]2CC12CCN(c1cnc3c(N4CCCc5ncccc54)n[nH]c3n1)CC2. The van der Waals surface area contributed by atoms with Gasteiger partial charge in [0.2, 0.25) is 0 Å². The summed E-state index contributed by atoms with van der Waals surface area (Å²) >= 11 is 0. The van der Waals surface area contributed by atoms with Crippen molar-refractivity contribution in [1.82, 2.24) is 30.5 Å². The molecule has 4 aliphatic rings. The van der Waals surface area contributed by atoms with E-state index >= 15 is 0 Å². The highest BCUT2D eigenvalue weighted by atomic mass is 16.4. The van der Waals surface area contributed by atoms with E-state index < -0.39 is 6.09 Å². The molecule has 2 saturated carbocycles. The fraction of sp³-hybridized carbons (Fsp3) is 0.542. The fourth-order valence-electron chi connectivity index (χ4n) is 6.84. The number of hydrogen-bond donors (Lipinski definition) is 3. The van der Waals surface area contributed by atoms with Gasteiger partial charge in [0.25, 0.3) is 0 Å². The Morgan fingerprint density at radius 2 is 2.12 bits per heavy atom. The molecule has 34 heavy (non-hydrogen) atoms. The van der Waals surface area contributed by atoms with Gasteiger partial charge in [0.1, 0.15) is 5.82 Å². The molecule has 3 atom stereocenters. The Hall–Kier alpha value is -3.43. The second-order valence-corrected chi connectivity index (χ2v) is 10.3. The molecule has 3 N–H and O–H groups in total. The number of aryl methyl sites for hydroxylation is 1. The van der Waals surface area contributed by atoms with E-state index in [1.54, 1.807) is 0 Å². The second-order valence-electron chi connectivity index (χ2n) is 10.3. The molecule has 0 unspecified atom stereocenters. The van der Waals surface area contributed by atoms with Crippen LogP contribution in [-0.2, 0) is 6.42 Å². The number of H-pyrrole nitrogens is 1. The summed E-state index contributed by atoms with van der Waals surface area (Å²) in [5, 5.41) is 19.9. The number of aromatic nitrogens is 5. The summed E-state index contributed by atoms with van der Waals surface area (Å²) in [6.07, 6.45) is 9.10. The lowest BCUT2D eigenvalue weighted by atomic mass is 9.71. The zero-order valence-electron chi connectivity index (χ0n) is 18.9. The molecular weight excluding hydrogens is 432 g/mol. The van der Waals surface area contributed by atoms with E-state index in [4.69, 9.17) is 9.97 Å². The van der Waals surface area contributed by atoms with Crippen LogP contribution in [0.2, 0.25) is 0 Å². The highest BCUT2D eigenvalue weighted by molar-refractivity contribution is 5.87. The average Bonchev–Trinajstić information content (AvgIpc) is 3.38. The van der Waals surface area contributed by atoms with Gasteiger partial charge in [0.05, 0.1) is 17.6 Å². The van der Waals surface area contributed by atoms with Crippen LogP contribution in [0.15, 0.2) is 24.5 Å². The van der Waals surface area contributed by atoms with Gasteiger partial charge in [-0.05, 0) is 67.9 Å². The first-order valence-electron chi connectivity index (χ1n) is 12.3. The lowest BCUT2D eigenvalue weighted by Gasteiger charge is -2.44. The molecule has 10 nitrogen and oxygen atoms in total. The molecule has 176 valence electrons. The largest absolute Gasteiger partial charge is 0.465 e. The van der Waals surface area contributed by atoms with Gasteiger partial charge >= 0.3 is 6.09 Å². The number of fused-ring (bicyclic) bond motifs is 3. The van der Waals surface area contributed by atoms with Gasteiger partial charge in [-0.25, -0.2) is 14.8 Å². The zero-order valence-corrected chi connectivity index (χ0v) is 18.9. The zero-order chi connectivity index (χ0) is 22.9. The third-order valence-corrected chi connectivity index (χ3v) is 8.54. The second kappa shape index (κ2) is 7.28. The summed E-state index contributed by atoms with van der Waals surface area (Å²) in [6.45, 7) is 2.61. The predicted molar refractivity (Wildman–Crippen MR) is 126 cm³/mol. The van der Waals surface area contributed by atoms with Crippen molar-refractivity contribution < 1.29 is 9.90 Å². The van der Waals surface area contributed by atoms with Crippen LogP contribution in [-0.4, -0.2) is 62.0 Å². The number of nitrogens with zero attached hydrogens (tertiary/aromatic N) is 6. The number of aromatic amines is 1. The van der Waals surface area contributed by atoms with Crippen molar-refractivity contribution in [3.8, 4) is 0 Å². The van der Waals surface area contributed by atoms with Gasteiger partial charge in [-0.1, -0.05) is 0 Å². The Balaban J connectivity index is 1.12. The Bertz CT molecular complexity index is 1270. The number of piperidine rings is 1. The van der Waals surface area contributed by atoms with Crippen molar-refractivity contribution in [1.29, 1.82) is 0 Å². The van der Waals surface area contributed by atoms with Crippen LogP contribution < -0.4 is 15.1 Å². The molecule has 1 spiro atoms. The number of pyridine rings is 1. The van der Waals surface area contributed by atoms with Gasteiger partial charge in [0, 0.05) is 31.9 Å². The third kappa shape index (κ3) is 3.04. The van der Waals surface area contributed by atoms with Gasteiger partial charge < -0.3 is 20.2 Å². The van der Waals surface area contributed by atoms with Crippen LogP contribution in [0.3, 0.4) is 0 Å². The molecule has 0 radical (unpaired) electrons. The van der Waals surface area contributed by atoms with Crippen LogP contribution in [0.1, 0.15) is 37.8 Å². The van der Waals surface area contributed by atoms with Crippen molar-refractivity contribution >= 4 is 34.6 Å². The summed E-state index contributed by atoms with van der Waals surface area (Å²) in [6, 6.07) is 4.15. The monoisotopic (exact) mass is 460 g/mol. The number of carbonyl (C=O) groups is 1. The minimum atomic E-state index is -0.891. The molecule has 3 aromatic rings. The van der Waals surface area contributed by atoms with Crippen molar-refractivity contribution in [2.24, 2.45) is 17.3 Å². The van der Waals surface area contributed by atoms with Crippen molar-refractivity contribution in [2.75, 3.05) is 29.4 Å². The molecule has 5 heterocycles. The normalized spacial score (nSPS) is 27.0. The Labute approximate surface area is 196 Å². The number of amides is 1. The van der Waals surface area contributed by atoms with Gasteiger partial charge in [-0.3, -0.25) is 10.1 Å². The molecule has 1 amide bonds. The predicted octanol–water partition coefficient (Wildman–Crippen LogP) is 3.09. The number of nitrogens with one attached hydrogen (secondary N) is 2. The molecule has 1 saturated heterocycles. The molecule has 3 aromatic heterocycles. The summed E-state index contributed by atoms with van der Waals surface area (Å²) in [7, 11) is 0. The first-order valence-corrected chi connectivity index (χ1v) is 12.3. The average molecular weight is 461 g/mol. The number of anilines is 3. The molecular formula is C24H28N8O2. The Morgan fingerprint density at radius 1 is 1.24 bits per heavy atom. The van der Waals surface area contributed by atoms with Crippen LogP contribution >= 0.6 is 0 Å². The van der Waals surface area contributed by atoms with Gasteiger partial charge in [-0.2, -0.15) is 5.10 Å². The maximum Gasteiger partial charge on any atom is 0.404 e. The van der Waals surface area contributed by atoms with E-state index in [0.717, 1.165) is 80.3 Å². The Morgan fingerprint density at radius 3 is 2.97 bits per heavy atom. The van der Waals surface area contributed by atoms with Crippen molar-refractivity contribution in [3.63, 3.8) is 0 Å². The number of rotatable bonds is 3. The van der Waals surface area contributed by atoms with Crippen molar-refractivity contribution in [3.05, 3.63) is 30.2 Å².